The summed E-state index contributed by atoms with van der Waals surface area (Å²) in [6, 6.07) is 0.888. The predicted molar refractivity (Wildman–Crippen MR) is 80.9 cm³/mol. The second-order valence-electron chi connectivity index (χ2n) is 5.31. The van der Waals surface area contributed by atoms with E-state index in [1.54, 1.807) is 20.9 Å². The van der Waals surface area contributed by atoms with Crippen LogP contribution in [-0.4, -0.2) is 37.0 Å². The molecule has 0 fully saturated rings. The van der Waals surface area contributed by atoms with Gasteiger partial charge in [-0.1, -0.05) is 0 Å². The van der Waals surface area contributed by atoms with Gasteiger partial charge in [-0.25, -0.2) is 14.3 Å². The summed E-state index contributed by atoms with van der Waals surface area (Å²) in [5, 5.41) is 7.68. The minimum absolute atomic E-state index is 0.0523. The van der Waals surface area contributed by atoms with E-state index in [1.165, 1.54) is 10.9 Å². The zero-order chi connectivity index (χ0) is 18.4. The molecule has 0 atom stereocenters. The Balaban J connectivity index is 2.30. The number of hydrogen-bond donors (Lipinski definition) is 0. The zero-order valence-corrected chi connectivity index (χ0v) is 13.6. The van der Waals surface area contributed by atoms with Crippen LogP contribution in [0.2, 0.25) is 0 Å². The molecular weight excluding hydrogens is 339 g/mol. The number of carbonyl (C=O) groups is 1. The van der Waals surface area contributed by atoms with E-state index in [-0.39, 0.29) is 23.5 Å². The molecule has 0 aromatic carbocycles. The molecule has 0 radical (unpaired) electrons. The number of ether oxygens (including phenoxy) is 1. The molecule has 3 rings (SSSR count). The molecule has 0 aliphatic carbocycles. The van der Waals surface area contributed by atoms with E-state index in [1.807, 2.05) is 0 Å². The van der Waals surface area contributed by atoms with Crippen molar-refractivity contribution in [2.45, 2.75) is 20.0 Å². The van der Waals surface area contributed by atoms with Crippen LogP contribution in [0.25, 0.3) is 16.9 Å². The van der Waals surface area contributed by atoms with Crippen molar-refractivity contribution in [2.75, 3.05) is 6.61 Å². The predicted octanol–water partition coefficient (Wildman–Crippen LogP) is 2.63. The van der Waals surface area contributed by atoms with Crippen LogP contribution in [0.5, 0.6) is 0 Å². The molecule has 0 bridgehead atoms. The molecule has 3 aromatic rings. The van der Waals surface area contributed by atoms with Crippen molar-refractivity contribution in [1.29, 1.82) is 0 Å². The molecule has 3 heterocycles. The van der Waals surface area contributed by atoms with Gasteiger partial charge in [0, 0.05) is 18.3 Å². The highest BCUT2D eigenvalue weighted by Crippen LogP contribution is 2.33. The molecule has 0 unspecified atom stereocenters. The Morgan fingerprint density at radius 2 is 2.00 bits per heavy atom. The Bertz CT molecular complexity index is 958. The monoisotopic (exact) mass is 353 g/mol. The van der Waals surface area contributed by atoms with Crippen LogP contribution >= 0.6 is 0 Å². The quantitative estimate of drug-likeness (QED) is 0.677. The van der Waals surface area contributed by atoms with Gasteiger partial charge in [0.05, 0.1) is 24.7 Å². The first-order valence-electron chi connectivity index (χ1n) is 7.36. The largest absolute Gasteiger partial charge is 0.462 e. The van der Waals surface area contributed by atoms with Crippen molar-refractivity contribution >= 4 is 11.6 Å². The molecule has 132 valence electrons. The third-order valence-electron chi connectivity index (χ3n) is 3.77. The van der Waals surface area contributed by atoms with Crippen LogP contribution < -0.4 is 0 Å². The molecule has 3 aromatic heterocycles. The summed E-state index contributed by atoms with van der Waals surface area (Å²) in [6.45, 7) is 3.40. The van der Waals surface area contributed by atoms with E-state index in [9.17, 15) is 18.0 Å². The second kappa shape index (κ2) is 5.87. The van der Waals surface area contributed by atoms with E-state index in [2.05, 4.69) is 15.2 Å². The van der Waals surface area contributed by atoms with Crippen molar-refractivity contribution in [3.05, 3.63) is 35.4 Å². The van der Waals surface area contributed by atoms with Crippen molar-refractivity contribution in [3.63, 3.8) is 0 Å². The minimum Gasteiger partial charge on any atom is -0.462 e. The highest BCUT2D eigenvalue weighted by molar-refractivity contribution is 5.96. The molecule has 10 heteroatoms. The van der Waals surface area contributed by atoms with Gasteiger partial charge in [0.1, 0.15) is 5.56 Å². The van der Waals surface area contributed by atoms with E-state index < -0.39 is 17.8 Å². The van der Waals surface area contributed by atoms with Crippen LogP contribution in [0.15, 0.2) is 18.5 Å². The van der Waals surface area contributed by atoms with Gasteiger partial charge in [-0.3, -0.25) is 4.68 Å². The number of carbonyl (C=O) groups excluding carboxylic acids is 1. The molecule has 0 amide bonds. The maximum atomic E-state index is 13.5. The molecule has 7 nitrogen and oxygen atoms in total. The normalized spacial score (nSPS) is 11.9. The topological polar surface area (TPSA) is 74.3 Å². The van der Waals surface area contributed by atoms with Crippen molar-refractivity contribution in [2.24, 2.45) is 7.05 Å². The first-order valence-corrected chi connectivity index (χ1v) is 7.36. The van der Waals surface area contributed by atoms with Crippen LogP contribution in [0.4, 0.5) is 13.2 Å². The minimum atomic E-state index is -4.68. The summed E-state index contributed by atoms with van der Waals surface area (Å²) in [5.74, 6) is -0.779. The summed E-state index contributed by atoms with van der Waals surface area (Å²) >= 11 is 0. The number of nitrogens with zero attached hydrogens (tertiary/aromatic N) is 5. The smallest absolute Gasteiger partial charge is 0.433 e. The van der Waals surface area contributed by atoms with Gasteiger partial charge < -0.3 is 4.74 Å². The van der Waals surface area contributed by atoms with Crippen molar-refractivity contribution in [3.8, 4) is 11.3 Å². The molecular formula is C15H14F3N5O2. The Kier molecular flexibility index (Phi) is 3.97. The SMILES string of the molecule is CCOC(=O)c1cnn2c(C(F)(F)F)cc(-c3cnn(C)c3C)nc12. The van der Waals surface area contributed by atoms with Gasteiger partial charge >= 0.3 is 12.1 Å². The van der Waals surface area contributed by atoms with Gasteiger partial charge in [0.15, 0.2) is 11.3 Å². The lowest BCUT2D eigenvalue weighted by Crippen LogP contribution is -2.14. The molecule has 0 saturated carbocycles. The van der Waals surface area contributed by atoms with Gasteiger partial charge in [-0.2, -0.15) is 23.4 Å². The fourth-order valence-corrected chi connectivity index (χ4v) is 2.41. The summed E-state index contributed by atoms with van der Waals surface area (Å²) in [4.78, 5) is 16.2. The number of aryl methyl sites for hydroxylation is 1. The maximum absolute atomic E-state index is 13.5. The summed E-state index contributed by atoms with van der Waals surface area (Å²) in [5.41, 5.74) is -0.251. The Labute approximate surface area is 140 Å². The summed E-state index contributed by atoms with van der Waals surface area (Å²) in [6.07, 6.45) is -2.23. The highest BCUT2D eigenvalue weighted by Gasteiger charge is 2.36. The average Bonchev–Trinajstić information content (AvgIpc) is 3.10. The standard InChI is InChI=1S/C15H14F3N5O2/c1-4-25-14(24)10-7-20-23-12(15(16,17)18)5-11(21-13(10)23)9-6-19-22(3)8(9)2/h5-7H,4H2,1-3H3. The number of aromatic nitrogens is 5. The van der Waals surface area contributed by atoms with E-state index in [0.717, 1.165) is 12.3 Å². The van der Waals surface area contributed by atoms with Crippen molar-refractivity contribution < 1.29 is 22.7 Å². The third-order valence-corrected chi connectivity index (χ3v) is 3.77. The number of halogens is 3. The molecule has 0 spiro atoms. The number of esters is 1. The average molecular weight is 353 g/mol. The first-order chi connectivity index (χ1) is 11.7. The Hall–Kier alpha value is -2.91. The number of hydrogen-bond acceptors (Lipinski definition) is 5. The molecule has 0 N–H and O–H groups in total. The van der Waals surface area contributed by atoms with Gasteiger partial charge in [0.25, 0.3) is 0 Å². The number of alkyl halides is 3. The Morgan fingerprint density at radius 1 is 1.28 bits per heavy atom. The van der Waals surface area contributed by atoms with Crippen LogP contribution in [0, 0.1) is 6.92 Å². The van der Waals surface area contributed by atoms with E-state index >= 15 is 0 Å². The first kappa shape index (κ1) is 16.9. The zero-order valence-electron chi connectivity index (χ0n) is 13.6. The van der Waals surface area contributed by atoms with Gasteiger partial charge in [-0.15, -0.1) is 0 Å². The van der Waals surface area contributed by atoms with E-state index in [0.29, 0.717) is 15.8 Å². The van der Waals surface area contributed by atoms with Gasteiger partial charge in [0.2, 0.25) is 0 Å². The molecule has 0 aliphatic heterocycles. The maximum Gasteiger partial charge on any atom is 0.433 e. The Morgan fingerprint density at radius 3 is 2.56 bits per heavy atom. The third kappa shape index (κ3) is 2.83. The fraction of sp³-hybridized carbons (Fsp3) is 0.333. The van der Waals surface area contributed by atoms with Crippen LogP contribution in [-0.2, 0) is 18.0 Å². The lowest BCUT2D eigenvalue weighted by molar-refractivity contribution is -0.142. The lowest BCUT2D eigenvalue weighted by atomic mass is 10.1. The fourth-order valence-electron chi connectivity index (χ4n) is 2.41. The summed E-state index contributed by atoms with van der Waals surface area (Å²) in [7, 11) is 1.67. The van der Waals surface area contributed by atoms with Gasteiger partial charge in [-0.05, 0) is 19.9 Å². The second-order valence-corrected chi connectivity index (χ2v) is 5.31. The molecule has 25 heavy (non-hydrogen) atoms. The van der Waals surface area contributed by atoms with Crippen LogP contribution in [0.1, 0.15) is 28.7 Å². The number of rotatable bonds is 3. The van der Waals surface area contributed by atoms with Crippen LogP contribution in [0.3, 0.4) is 0 Å². The van der Waals surface area contributed by atoms with Crippen molar-refractivity contribution in [1.82, 2.24) is 24.4 Å². The number of fused-ring (bicyclic) bond motifs is 1. The summed E-state index contributed by atoms with van der Waals surface area (Å²) < 4.78 is 47.3. The molecule has 0 aliphatic rings. The lowest BCUT2D eigenvalue weighted by Gasteiger charge is -2.11. The molecule has 0 saturated heterocycles. The highest BCUT2D eigenvalue weighted by atomic mass is 19.4. The van der Waals surface area contributed by atoms with E-state index in [4.69, 9.17) is 4.74 Å².